The molecular weight excluding hydrogens is 156 g/mol. The standard InChI is InChI=1S/C8H12N2O2/c1-3-6-5-8(10(11)12)9-7(6)4-2/h3-5H2,1-2H3. The predicted octanol–water partition coefficient (Wildman–Crippen LogP) is 2.14. The van der Waals surface area contributed by atoms with Gasteiger partial charge in [0.2, 0.25) is 0 Å². The van der Waals surface area contributed by atoms with Gasteiger partial charge in [0.05, 0.1) is 6.42 Å². The smallest absolute Gasteiger partial charge is 0.343 e. The Morgan fingerprint density at radius 2 is 2.17 bits per heavy atom. The average molecular weight is 168 g/mol. The van der Waals surface area contributed by atoms with Crippen LogP contribution >= 0.6 is 0 Å². The van der Waals surface area contributed by atoms with E-state index in [1.54, 1.807) is 0 Å². The van der Waals surface area contributed by atoms with E-state index in [1.807, 2.05) is 13.8 Å². The van der Waals surface area contributed by atoms with Gasteiger partial charge in [-0.2, -0.15) is 0 Å². The van der Waals surface area contributed by atoms with Gasteiger partial charge in [0.1, 0.15) is 0 Å². The van der Waals surface area contributed by atoms with E-state index in [9.17, 15) is 10.1 Å². The Hall–Kier alpha value is -1.19. The predicted molar refractivity (Wildman–Crippen MR) is 46.7 cm³/mol. The lowest BCUT2D eigenvalue weighted by molar-refractivity contribution is -0.352. The lowest BCUT2D eigenvalue weighted by Gasteiger charge is -1.93. The number of aliphatic imine (C=N–C) groups is 1. The SMILES string of the molecule is CCC1=C(CC)N=C([N+](=O)[O-])C1. The Morgan fingerprint density at radius 1 is 1.50 bits per heavy atom. The maximum Gasteiger partial charge on any atom is 0.343 e. The highest BCUT2D eigenvalue weighted by atomic mass is 16.6. The number of rotatable bonds is 2. The van der Waals surface area contributed by atoms with Crippen molar-refractivity contribution in [3.05, 3.63) is 21.4 Å². The summed E-state index contributed by atoms with van der Waals surface area (Å²) in [4.78, 5) is 13.9. The minimum Gasteiger partial charge on any atom is -0.358 e. The van der Waals surface area contributed by atoms with E-state index in [2.05, 4.69) is 4.99 Å². The molecule has 0 spiro atoms. The van der Waals surface area contributed by atoms with Crippen molar-refractivity contribution in [2.45, 2.75) is 33.1 Å². The van der Waals surface area contributed by atoms with Crippen molar-refractivity contribution in [1.29, 1.82) is 0 Å². The van der Waals surface area contributed by atoms with Crippen LogP contribution in [0, 0.1) is 10.1 Å². The van der Waals surface area contributed by atoms with Gasteiger partial charge in [0.15, 0.2) is 5.70 Å². The summed E-state index contributed by atoms with van der Waals surface area (Å²) in [5.74, 6) is 0.101. The average Bonchev–Trinajstić information content (AvgIpc) is 2.46. The molecule has 0 saturated carbocycles. The molecular formula is C8H12N2O2. The van der Waals surface area contributed by atoms with Crippen LogP contribution < -0.4 is 0 Å². The zero-order chi connectivity index (χ0) is 9.14. The van der Waals surface area contributed by atoms with Crippen molar-refractivity contribution >= 4 is 5.84 Å². The molecule has 0 saturated heterocycles. The first-order chi connectivity index (χ1) is 5.69. The van der Waals surface area contributed by atoms with Crippen molar-refractivity contribution in [3.8, 4) is 0 Å². The molecule has 0 aromatic rings. The lowest BCUT2D eigenvalue weighted by Crippen LogP contribution is -2.08. The number of hydrogen-bond donors (Lipinski definition) is 0. The highest BCUT2D eigenvalue weighted by Gasteiger charge is 2.25. The van der Waals surface area contributed by atoms with E-state index in [-0.39, 0.29) is 5.84 Å². The summed E-state index contributed by atoms with van der Waals surface area (Å²) in [6, 6.07) is 0. The van der Waals surface area contributed by atoms with Crippen LogP contribution in [0.25, 0.3) is 0 Å². The highest BCUT2D eigenvalue weighted by Crippen LogP contribution is 2.24. The molecule has 0 atom stereocenters. The maximum absolute atomic E-state index is 10.4. The lowest BCUT2D eigenvalue weighted by atomic mass is 10.1. The van der Waals surface area contributed by atoms with Crippen molar-refractivity contribution in [2.24, 2.45) is 4.99 Å². The normalized spacial score (nSPS) is 16.7. The molecule has 1 rings (SSSR count). The van der Waals surface area contributed by atoms with Crippen LogP contribution in [0.5, 0.6) is 0 Å². The van der Waals surface area contributed by atoms with Gasteiger partial charge in [-0.1, -0.05) is 13.8 Å². The van der Waals surface area contributed by atoms with Crippen LogP contribution in [0.4, 0.5) is 0 Å². The zero-order valence-electron chi connectivity index (χ0n) is 7.33. The Balaban J connectivity index is 2.80. The third-order valence-corrected chi connectivity index (χ3v) is 2.02. The Bertz CT molecular complexity index is 266. The Morgan fingerprint density at radius 3 is 2.50 bits per heavy atom. The molecule has 0 fully saturated rings. The molecule has 0 unspecified atom stereocenters. The quantitative estimate of drug-likeness (QED) is 0.468. The van der Waals surface area contributed by atoms with Crippen LogP contribution in [-0.4, -0.2) is 10.8 Å². The molecule has 0 bridgehead atoms. The summed E-state index contributed by atoms with van der Waals surface area (Å²) in [7, 11) is 0. The first-order valence-corrected chi connectivity index (χ1v) is 4.11. The molecule has 1 aliphatic rings. The molecule has 1 heterocycles. The third kappa shape index (κ3) is 1.52. The van der Waals surface area contributed by atoms with Gasteiger partial charge in [-0.25, -0.2) is 0 Å². The molecule has 4 nitrogen and oxygen atoms in total. The maximum atomic E-state index is 10.4. The molecule has 0 aliphatic carbocycles. The first-order valence-electron chi connectivity index (χ1n) is 4.11. The Labute approximate surface area is 71.1 Å². The van der Waals surface area contributed by atoms with E-state index < -0.39 is 4.92 Å². The van der Waals surface area contributed by atoms with Crippen molar-refractivity contribution < 1.29 is 4.92 Å². The molecule has 0 aromatic heterocycles. The van der Waals surface area contributed by atoms with Gasteiger partial charge in [-0.15, -0.1) is 0 Å². The second kappa shape index (κ2) is 3.47. The first kappa shape index (κ1) is 8.90. The van der Waals surface area contributed by atoms with Crippen molar-refractivity contribution in [1.82, 2.24) is 0 Å². The zero-order valence-corrected chi connectivity index (χ0v) is 7.33. The fourth-order valence-corrected chi connectivity index (χ4v) is 1.33. The van der Waals surface area contributed by atoms with E-state index in [4.69, 9.17) is 0 Å². The molecule has 12 heavy (non-hydrogen) atoms. The summed E-state index contributed by atoms with van der Waals surface area (Å²) >= 11 is 0. The fourth-order valence-electron chi connectivity index (χ4n) is 1.33. The molecule has 0 aromatic carbocycles. The summed E-state index contributed by atoms with van der Waals surface area (Å²) in [5, 5.41) is 10.4. The van der Waals surface area contributed by atoms with Crippen LogP contribution in [0.1, 0.15) is 33.1 Å². The number of hydrogen-bond acceptors (Lipinski definition) is 3. The van der Waals surface area contributed by atoms with Crippen LogP contribution in [-0.2, 0) is 0 Å². The van der Waals surface area contributed by atoms with Gasteiger partial charge in [-0.05, 0) is 21.9 Å². The number of amidine groups is 1. The molecule has 0 amide bonds. The second-order valence-corrected chi connectivity index (χ2v) is 2.72. The molecule has 66 valence electrons. The van der Waals surface area contributed by atoms with Crippen LogP contribution in [0.3, 0.4) is 0 Å². The largest absolute Gasteiger partial charge is 0.358 e. The summed E-state index contributed by atoms with van der Waals surface area (Å²) in [5.41, 5.74) is 2.02. The highest BCUT2D eigenvalue weighted by molar-refractivity contribution is 5.80. The second-order valence-electron chi connectivity index (χ2n) is 2.72. The minimum absolute atomic E-state index is 0.101. The monoisotopic (exact) mass is 168 g/mol. The van der Waals surface area contributed by atoms with E-state index >= 15 is 0 Å². The minimum atomic E-state index is -0.391. The topological polar surface area (TPSA) is 55.5 Å². The van der Waals surface area contributed by atoms with Crippen molar-refractivity contribution in [2.75, 3.05) is 0 Å². The number of nitrogens with zero attached hydrogens (tertiary/aromatic N) is 2. The van der Waals surface area contributed by atoms with Gasteiger partial charge in [0, 0.05) is 6.42 Å². The summed E-state index contributed by atoms with van der Waals surface area (Å²) in [6.07, 6.45) is 2.09. The third-order valence-electron chi connectivity index (χ3n) is 2.02. The van der Waals surface area contributed by atoms with E-state index in [0.29, 0.717) is 6.42 Å². The molecule has 0 radical (unpaired) electrons. The van der Waals surface area contributed by atoms with Gasteiger partial charge in [0.25, 0.3) is 0 Å². The number of allylic oxidation sites excluding steroid dienone is 1. The molecule has 4 heteroatoms. The Kier molecular flexibility index (Phi) is 2.58. The summed E-state index contributed by atoms with van der Waals surface area (Å²) in [6.45, 7) is 3.97. The van der Waals surface area contributed by atoms with Gasteiger partial charge < -0.3 is 10.1 Å². The van der Waals surface area contributed by atoms with Gasteiger partial charge >= 0.3 is 5.84 Å². The van der Waals surface area contributed by atoms with Crippen LogP contribution in [0.2, 0.25) is 0 Å². The number of nitro groups is 1. The van der Waals surface area contributed by atoms with Crippen LogP contribution in [0.15, 0.2) is 16.3 Å². The van der Waals surface area contributed by atoms with E-state index in [1.165, 1.54) is 0 Å². The molecule has 0 N–H and O–H groups in total. The van der Waals surface area contributed by atoms with Gasteiger partial charge in [-0.3, -0.25) is 0 Å². The van der Waals surface area contributed by atoms with Crippen molar-refractivity contribution in [3.63, 3.8) is 0 Å². The molecule has 1 aliphatic heterocycles. The fraction of sp³-hybridized carbons (Fsp3) is 0.625. The summed E-state index contributed by atoms with van der Waals surface area (Å²) < 4.78 is 0. The van der Waals surface area contributed by atoms with E-state index in [0.717, 1.165) is 24.1 Å².